The standard InChI is InChI=1S/C29H40N2O5Si/c1-28(2,3)36-27(34)31-19-13-18-24(31)25(32)20-30-26(33)21-35-37(29(4,5)6,22-14-9-7-10-15-22)23-16-11-8-12-17-23/h7-12,14-17,24H,13,18-21H2,1-6H3,(H,30,33)/t24-/m0/s1. The van der Waals surface area contributed by atoms with Gasteiger partial charge in [-0.25, -0.2) is 4.79 Å². The van der Waals surface area contributed by atoms with E-state index >= 15 is 0 Å². The van der Waals surface area contributed by atoms with Gasteiger partial charge in [0.2, 0.25) is 5.91 Å². The van der Waals surface area contributed by atoms with Crippen LogP contribution < -0.4 is 15.7 Å². The zero-order chi connectivity index (χ0) is 27.3. The SMILES string of the molecule is CC(C)(C)OC(=O)N1CCC[C@H]1C(=O)CNC(=O)CO[Si](c1ccccc1)(c1ccccc1)C(C)(C)C. The van der Waals surface area contributed by atoms with Crippen molar-refractivity contribution in [3.63, 3.8) is 0 Å². The van der Waals surface area contributed by atoms with Crippen molar-refractivity contribution in [2.24, 2.45) is 0 Å². The van der Waals surface area contributed by atoms with Gasteiger partial charge < -0.3 is 14.5 Å². The molecule has 7 nitrogen and oxygen atoms in total. The average Bonchev–Trinajstić information content (AvgIpc) is 3.33. The first-order valence-corrected chi connectivity index (χ1v) is 14.8. The highest BCUT2D eigenvalue weighted by molar-refractivity contribution is 6.99. The van der Waals surface area contributed by atoms with Crippen LogP contribution in [0.4, 0.5) is 4.79 Å². The fourth-order valence-corrected chi connectivity index (χ4v) is 9.43. The summed E-state index contributed by atoms with van der Waals surface area (Å²) in [6.07, 6.45) is 0.789. The smallest absolute Gasteiger partial charge is 0.410 e. The fraction of sp³-hybridized carbons (Fsp3) is 0.483. The monoisotopic (exact) mass is 524 g/mol. The topological polar surface area (TPSA) is 84.9 Å². The van der Waals surface area contributed by atoms with Crippen molar-refractivity contribution in [2.45, 2.75) is 71.1 Å². The number of hydrogen-bond acceptors (Lipinski definition) is 5. The quantitative estimate of drug-likeness (QED) is 0.533. The Morgan fingerprint density at radius 1 is 0.919 bits per heavy atom. The number of hydrogen-bond donors (Lipinski definition) is 1. The second-order valence-corrected chi connectivity index (χ2v) is 15.8. The van der Waals surface area contributed by atoms with Crippen molar-refractivity contribution < 1.29 is 23.5 Å². The molecule has 1 fully saturated rings. The van der Waals surface area contributed by atoms with Crippen LogP contribution in [0.1, 0.15) is 54.4 Å². The maximum atomic E-state index is 12.9. The molecule has 1 N–H and O–H groups in total. The van der Waals surface area contributed by atoms with Crippen molar-refractivity contribution >= 4 is 36.5 Å². The Morgan fingerprint density at radius 3 is 1.95 bits per heavy atom. The Bertz CT molecular complexity index is 1040. The van der Waals surface area contributed by atoms with Crippen molar-refractivity contribution in [1.82, 2.24) is 10.2 Å². The lowest BCUT2D eigenvalue weighted by atomic mass is 10.1. The van der Waals surface area contributed by atoms with Crippen molar-refractivity contribution in [3.05, 3.63) is 60.7 Å². The molecule has 1 aliphatic heterocycles. The van der Waals surface area contributed by atoms with Gasteiger partial charge in [0.15, 0.2) is 5.78 Å². The molecule has 1 aliphatic rings. The molecule has 0 unspecified atom stereocenters. The van der Waals surface area contributed by atoms with E-state index in [2.05, 4.69) is 50.4 Å². The van der Waals surface area contributed by atoms with Crippen LogP contribution in [0.2, 0.25) is 5.04 Å². The molecule has 2 amide bonds. The number of carbonyl (C=O) groups excluding carboxylic acids is 3. The molecular weight excluding hydrogens is 484 g/mol. The number of rotatable bonds is 8. The normalized spacial score (nSPS) is 16.4. The molecule has 3 rings (SSSR count). The average molecular weight is 525 g/mol. The summed E-state index contributed by atoms with van der Waals surface area (Å²) in [5, 5.41) is 4.62. The first kappa shape index (κ1) is 28.6. The van der Waals surface area contributed by atoms with Crippen molar-refractivity contribution in [2.75, 3.05) is 19.7 Å². The Labute approximate surface area is 221 Å². The summed E-state index contributed by atoms with van der Waals surface area (Å²) < 4.78 is 12.1. The van der Waals surface area contributed by atoms with Gasteiger partial charge >= 0.3 is 6.09 Å². The van der Waals surface area contributed by atoms with Crippen LogP contribution in [0.3, 0.4) is 0 Å². The largest absolute Gasteiger partial charge is 0.444 e. The number of likely N-dealkylation sites (tertiary alicyclic amines) is 1. The van der Waals surface area contributed by atoms with Gasteiger partial charge in [0.05, 0.1) is 12.6 Å². The lowest BCUT2D eigenvalue weighted by Gasteiger charge is -2.42. The molecule has 1 heterocycles. The molecule has 0 radical (unpaired) electrons. The number of Topliss-reactive ketones (excluding diaryl/α,β-unsaturated/α-hetero) is 1. The van der Waals surface area contributed by atoms with Gasteiger partial charge in [0.25, 0.3) is 8.32 Å². The summed E-state index contributed by atoms with van der Waals surface area (Å²) in [7, 11) is -2.86. The number of amides is 2. The summed E-state index contributed by atoms with van der Waals surface area (Å²) >= 11 is 0. The number of nitrogens with one attached hydrogen (secondary N) is 1. The number of ether oxygens (including phenoxy) is 1. The predicted molar refractivity (Wildman–Crippen MR) is 148 cm³/mol. The van der Waals surface area contributed by atoms with E-state index in [4.69, 9.17) is 9.16 Å². The molecule has 2 aromatic carbocycles. The first-order chi connectivity index (χ1) is 17.3. The van der Waals surface area contributed by atoms with E-state index in [0.29, 0.717) is 13.0 Å². The Morgan fingerprint density at radius 2 is 1.46 bits per heavy atom. The summed E-state index contributed by atoms with van der Waals surface area (Å²) in [5.41, 5.74) is -0.639. The minimum atomic E-state index is -2.86. The third-order valence-corrected chi connectivity index (χ3v) is 11.5. The van der Waals surface area contributed by atoms with Gasteiger partial charge in [-0.05, 0) is 49.0 Å². The molecule has 0 bridgehead atoms. The van der Waals surface area contributed by atoms with Crippen LogP contribution in [-0.4, -0.2) is 62.3 Å². The number of carbonyl (C=O) groups is 3. The van der Waals surface area contributed by atoms with E-state index in [1.807, 2.05) is 36.4 Å². The molecule has 1 saturated heterocycles. The number of benzene rings is 2. The molecule has 200 valence electrons. The molecule has 0 spiro atoms. The molecule has 2 aromatic rings. The Hall–Kier alpha value is -2.97. The van der Waals surface area contributed by atoms with Crippen molar-refractivity contribution in [3.8, 4) is 0 Å². The number of ketones is 1. The Kier molecular flexibility index (Phi) is 8.97. The van der Waals surface area contributed by atoms with Crippen molar-refractivity contribution in [1.29, 1.82) is 0 Å². The van der Waals surface area contributed by atoms with Crippen LogP contribution >= 0.6 is 0 Å². The van der Waals surface area contributed by atoms with E-state index in [1.54, 1.807) is 20.8 Å². The number of nitrogens with zero attached hydrogens (tertiary/aromatic N) is 1. The molecule has 1 atom stereocenters. The highest BCUT2D eigenvalue weighted by atomic mass is 28.4. The van der Waals surface area contributed by atoms with E-state index < -0.39 is 26.1 Å². The second kappa shape index (κ2) is 11.6. The first-order valence-electron chi connectivity index (χ1n) is 12.9. The van der Waals surface area contributed by atoms with Gasteiger partial charge in [-0.15, -0.1) is 0 Å². The minimum absolute atomic E-state index is 0.160. The lowest BCUT2D eigenvalue weighted by Crippen LogP contribution is -2.67. The summed E-state index contributed by atoms with van der Waals surface area (Å²) in [5.74, 6) is -0.565. The minimum Gasteiger partial charge on any atom is -0.444 e. The Balaban J connectivity index is 1.70. The maximum absolute atomic E-state index is 12.9. The molecule has 0 saturated carbocycles. The summed E-state index contributed by atoms with van der Waals surface area (Å²) in [6, 6.07) is 19.6. The molecule has 37 heavy (non-hydrogen) atoms. The van der Waals surface area contributed by atoms with E-state index in [0.717, 1.165) is 16.8 Å². The molecule has 0 aliphatic carbocycles. The zero-order valence-corrected chi connectivity index (χ0v) is 23.9. The summed E-state index contributed by atoms with van der Waals surface area (Å²) in [6.45, 7) is 12.0. The van der Waals surface area contributed by atoms with Gasteiger partial charge in [-0.1, -0.05) is 81.4 Å². The second-order valence-electron chi connectivity index (χ2n) is 11.5. The van der Waals surface area contributed by atoms with Gasteiger partial charge in [0, 0.05) is 6.54 Å². The molecular formula is C29H40N2O5Si. The van der Waals surface area contributed by atoms with E-state index in [1.165, 1.54) is 4.90 Å². The van der Waals surface area contributed by atoms with Gasteiger partial charge in [-0.3, -0.25) is 14.5 Å². The highest BCUT2D eigenvalue weighted by Gasteiger charge is 2.50. The third kappa shape index (κ3) is 6.87. The van der Waals surface area contributed by atoms with Crippen LogP contribution in [0, 0.1) is 0 Å². The van der Waals surface area contributed by atoms with Gasteiger partial charge in [-0.2, -0.15) is 0 Å². The van der Waals surface area contributed by atoms with Crippen LogP contribution in [-0.2, 0) is 18.8 Å². The molecule has 0 aromatic heterocycles. The lowest BCUT2D eigenvalue weighted by molar-refractivity contribution is -0.128. The maximum Gasteiger partial charge on any atom is 0.410 e. The van der Waals surface area contributed by atoms with Gasteiger partial charge in [0.1, 0.15) is 12.2 Å². The van der Waals surface area contributed by atoms with E-state index in [9.17, 15) is 14.4 Å². The zero-order valence-electron chi connectivity index (χ0n) is 22.9. The fourth-order valence-electron chi connectivity index (χ4n) is 4.93. The third-order valence-electron chi connectivity index (χ3n) is 6.55. The van der Waals surface area contributed by atoms with Crippen LogP contribution in [0.5, 0.6) is 0 Å². The highest BCUT2D eigenvalue weighted by Crippen LogP contribution is 2.36. The van der Waals surface area contributed by atoms with E-state index in [-0.39, 0.29) is 29.9 Å². The van der Waals surface area contributed by atoms with Crippen LogP contribution in [0.15, 0.2) is 60.7 Å². The predicted octanol–water partition coefficient (Wildman–Crippen LogP) is 3.65. The van der Waals surface area contributed by atoms with Crippen LogP contribution in [0.25, 0.3) is 0 Å². The molecule has 8 heteroatoms. The summed E-state index contributed by atoms with van der Waals surface area (Å²) in [4.78, 5) is 39.9.